The molecular formula is C14H25NO9. The maximum Gasteiger partial charge on any atom is 0.408 e. The summed E-state index contributed by atoms with van der Waals surface area (Å²) < 4.78 is 14.7. The Labute approximate surface area is 139 Å². The van der Waals surface area contributed by atoms with Crippen LogP contribution in [-0.2, 0) is 19.0 Å². The fraction of sp³-hybridized carbons (Fsp3) is 0.857. The van der Waals surface area contributed by atoms with Crippen molar-refractivity contribution < 1.29 is 44.2 Å². The molecule has 0 aromatic carbocycles. The summed E-state index contributed by atoms with van der Waals surface area (Å²) in [4.78, 5) is 23.4. The highest BCUT2D eigenvalue weighted by atomic mass is 16.7. The van der Waals surface area contributed by atoms with E-state index in [9.17, 15) is 30.0 Å². The number of hydrogen-bond acceptors (Lipinski definition) is 9. The molecule has 0 bridgehead atoms. The lowest BCUT2D eigenvalue weighted by Gasteiger charge is -2.38. The molecule has 1 saturated heterocycles. The van der Waals surface area contributed by atoms with Gasteiger partial charge in [0, 0.05) is 0 Å². The van der Waals surface area contributed by atoms with E-state index < -0.39 is 61.0 Å². The van der Waals surface area contributed by atoms with Crippen LogP contribution in [-0.4, -0.2) is 81.4 Å². The lowest BCUT2D eigenvalue weighted by Crippen LogP contribution is -2.58. The number of aliphatic hydroxyl groups is 4. The lowest BCUT2D eigenvalue weighted by atomic mass is 9.99. The highest BCUT2D eigenvalue weighted by Crippen LogP contribution is 2.20. The topological polar surface area (TPSA) is 155 Å². The molecule has 0 aliphatic carbocycles. The summed E-state index contributed by atoms with van der Waals surface area (Å²) in [6, 6.07) is -1.03. The average Bonchev–Trinajstić information content (AvgIpc) is 2.44. The van der Waals surface area contributed by atoms with Gasteiger partial charge in [-0.3, -0.25) is 0 Å². The standard InChI is InChI=1S/C14H25NO9/c1-6(15-13(21)24-14(2,3)4)11(19)22-5-7-8(16)9(17)10(18)12(20)23-7/h6-10,12,16-18,20H,5H2,1-4H3,(H,15,21)/t6-,7+,8+,9+,10+,12+/m1/s1. The fourth-order valence-electron chi connectivity index (χ4n) is 1.90. The number of alkyl carbamates (subject to hydrolysis) is 1. The molecule has 5 N–H and O–H groups in total. The number of rotatable bonds is 4. The zero-order chi connectivity index (χ0) is 18.7. The van der Waals surface area contributed by atoms with E-state index in [0.717, 1.165) is 0 Å². The van der Waals surface area contributed by atoms with Crippen LogP contribution in [0.3, 0.4) is 0 Å². The molecule has 0 spiro atoms. The third-order valence-electron chi connectivity index (χ3n) is 3.16. The summed E-state index contributed by atoms with van der Waals surface area (Å²) in [5.74, 6) is -0.827. The molecular weight excluding hydrogens is 326 g/mol. The Morgan fingerprint density at radius 3 is 2.25 bits per heavy atom. The maximum absolute atomic E-state index is 11.8. The van der Waals surface area contributed by atoms with Crippen molar-refractivity contribution >= 4 is 12.1 Å². The predicted octanol–water partition coefficient (Wildman–Crippen LogP) is -1.76. The van der Waals surface area contributed by atoms with Crippen molar-refractivity contribution in [3.63, 3.8) is 0 Å². The van der Waals surface area contributed by atoms with Crippen molar-refractivity contribution in [2.45, 2.75) is 70.0 Å². The number of hydrogen-bond donors (Lipinski definition) is 5. The zero-order valence-corrected chi connectivity index (χ0v) is 14.0. The summed E-state index contributed by atoms with van der Waals surface area (Å²) >= 11 is 0. The van der Waals surface area contributed by atoms with Crippen molar-refractivity contribution in [1.29, 1.82) is 0 Å². The van der Waals surface area contributed by atoms with Gasteiger partial charge in [0.2, 0.25) is 0 Å². The Hall–Kier alpha value is -1.46. The van der Waals surface area contributed by atoms with Crippen LogP contribution in [0.5, 0.6) is 0 Å². The van der Waals surface area contributed by atoms with Crippen molar-refractivity contribution in [3.05, 3.63) is 0 Å². The van der Waals surface area contributed by atoms with E-state index in [1.165, 1.54) is 6.92 Å². The van der Waals surface area contributed by atoms with Crippen molar-refractivity contribution in [1.82, 2.24) is 5.32 Å². The zero-order valence-electron chi connectivity index (χ0n) is 14.0. The molecule has 0 unspecified atom stereocenters. The highest BCUT2D eigenvalue weighted by Gasteiger charge is 2.43. The van der Waals surface area contributed by atoms with Crippen LogP contribution >= 0.6 is 0 Å². The van der Waals surface area contributed by atoms with E-state index in [1.54, 1.807) is 20.8 Å². The van der Waals surface area contributed by atoms with Gasteiger partial charge in [-0.25, -0.2) is 9.59 Å². The summed E-state index contributed by atoms with van der Waals surface area (Å²) in [6.07, 6.45) is -8.60. The molecule has 0 aromatic rings. The second-order valence-corrected chi connectivity index (χ2v) is 6.53. The molecule has 1 amide bonds. The number of esters is 1. The van der Waals surface area contributed by atoms with Gasteiger partial charge in [-0.2, -0.15) is 0 Å². The minimum atomic E-state index is -1.72. The Morgan fingerprint density at radius 1 is 1.12 bits per heavy atom. The summed E-state index contributed by atoms with van der Waals surface area (Å²) in [5, 5.41) is 40.3. The number of carbonyl (C=O) groups excluding carboxylic acids is 2. The number of aliphatic hydroxyl groups excluding tert-OH is 4. The van der Waals surface area contributed by atoms with E-state index in [1.807, 2.05) is 0 Å². The second kappa shape index (κ2) is 8.08. The summed E-state index contributed by atoms with van der Waals surface area (Å²) in [5.41, 5.74) is -0.721. The molecule has 24 heavy (non-hydrogen) atoms. The molecule has 1 fully saturated rings. The van der Waals surface area contributed by atoms with Gasteiger partial charge in [0.1, 0.15) is 42.7 Å². The maximum atomic E-state index is 11.8. The average molecular weight is 351 g/mol. The van der Waals surface area contributed by atoms with Gasteiger partial charge in [-0.15, -0.1) is 0 Å². The minimum Gasteiger partial charge on any atom is -0.461 e. The van der Waals surface area contributed by atoms with Crippen molar-refractivity contribution in [3.8, 4) is 0 Å². The SMILES string of the molecule is C[C@@H](NC(=O)OC(C)(C)C)C(=O)OC[C@@H]1O[C@H](O)[C@@H](O)[C@@H](O)[C@H]1O. The van der Waals surface area contributed by atoms with E-state index in [-0.39, 0.29) is 0 Å². The van der Waals surface area contributed by atoms with Gasteiger partial charge in [-0.1, -0.05) is 0 Å². The molecule has 0 radical (unpaired) electrons. The third-order valence-corrected chi connectivity index (χ3v) is 3.16. The van der Waals surface area contributed by atoms with Gasteiger partial charge in [0.05, 0.1) is 0 Å². The minimum absolute atomic E-state index is 0.485. The van der Waals surface area contributed by atoms with Crippen molar-refractivity contribution in [2.24, 2.45) is 0 Å². The molecule has 140 valence electrons. The van der Waals surface area contributed by atoms with Crippen LogP contribution in [0.15, 0.2) is 0 Å². The van der Waals surface area contributed by atoms with Crippen LogP contribution in [0.2, 0.25) is 0 Å². The second-order valence-electron chi connectivity index (χ2n) is 6.53. The molecule has 1 rings (SSSR count). The van der Waals surface area contributed by atoms with Crippen molar-refractivity contribution in [2.75, 3.05) is 6.61 Å². The first-order valence-corrected chi connectivity index (χ1v) is 7.46. The molecule has 1 aliphatic heterocycles. The lowest BCUT2D eigenvalue weighted by molar-refractivity contribution is -0.287. The number of carbonyl (C=O) groups is 2. The first-order chi connectivity index (χ1) is 10.9. The monoisotopic (exact) mass is 351 g/mol. The predicted molar refractivity (Wildman–Crippen MR) is 78.7 cm³/mol. The molecule has 0 aromatic heterocycles. The van der Waals surface area contributed by atoms with Crippen LogP contribution in [0.25, 0.3) is 0 Å². The van der Waals surface area contributed by atoms with Gasteiger partial charge < -0.3 is 40.0 Å². The molecule has 0 saturated carbocycles. The number of ether oxygens (including phenoxy) is 3. The summed E-state index contributed by atoms with van der Waals surface area (Å²) in [6.45, 7) is 5.90. The van der Waals surface area contributed by atoms with Gasteiger partial charge in [0.25, 0.3) is 0 Å². The molecule has 1 aliphatic rings. The van der Waals surface area contributed by atoms with Gasteiger partial charge >= 0.3 is 12.1 Å². The van der Waals surface area contributed by atoms with E-state index in [0.29, 0.717) is 0 Å². The number of nitrogens with one attached hydrogen (secondary N) is 1. The molecule has 6 atom stereocenters. The van der Waals surface area contributed by atoms with Crippen LogP contribution < -0.4 is 5.32 Å². The van der Waals surface area contributed by atoms with Crippen LogP contribution in [0.1, 0.15) is 27.7 Å². The molecule has 10 nitrogen and oxygen atoms in total. The Balaban J connectivity index is 2.46. The first kappa shape index (κ1) is 20.6. The van der Waals surface area contributed by atoms with E-state index in [4.69, 9.17) is 14.2 Å². The largest absolute Gasteiger partial charge is 0.461 e. The fourth-order valence-corrected chi connectivity index (χ4v) is 1.90. The normalized spacial score (nSPS) is 31.9. The van der Waals surface area contributed by atoms with Crippen LogP contribution in [0.4, 0.5) is 4.79 Å². The Bertz CT molecular complexity index is 450. The quantitative estimate of drug-likeness (QED) is 0.370. The van der Waals surface area contributed by atoms with Gasteiger partial charge in [-0.05, 0) is 27.7 Å². The molecule has 10 heteroatoms. The summed E-state index contributed by atoms with van der Waals surface area (Å²) in [7, 11) is 0. The van der Waals surface area contributed by atoms with E-state index >= 15 is 0 Å². The number of amides is 1. The van der Waals surface area contributed by atoms with Crippen LogP contribution in [0, 0.1) is 0 Å². The highest BCUT2D eigenvalue weighted by molar-refractivity contribution is 5.81. The van der Waals surface area contributed by atoms with Gasteiger partial charge in [0.15, 0.2) is 6.29 Å². The Morgan fingerprint density at radius 2 is 1.71 bits per heavy atom. The smallest absolute Gasteiger partial charge is 0.408 e. The third kappa shape index (κ3) is 5.87. The van der Waals surface area contributed by atoms with E-state index in [2.05, 4.69) is 5.32 Å². The molecule has 1 heterocycles. The first-order valence-electron chi connectivity index (χ1n) is 7.46. The Kier molecular flexibility index (Phi) is 6.93.